The van der Waals surface area contributed by atoms with Gasteiger partial charge in [0.25, 0.3) is 0 Å². The molecule has 1 fully saturated rings. The van der Waals surface area contributed by atoms with Crippen LogP contribution in [0.2, 0.25) is 5.02 Å². The maximum absolute atomic E-state index is 14.4. The number of anilines is 1. The van der Waals surface area contributed by atoms with Gasteiger partial charge < -0.3 is 5.32 Å². The average Bonchev–Trinajstić information content (AvgIpc) is 3.28. The molecular formula is C24H18Cl3F2NO. The van der Waals surface area contributed by atoms with Gasteiger partial charge >= 0.3 is 0 Å². The highest BCUT2D eigenvalue weighted by molar-refractivity contribution is 6.53. The lowest BCUT2D eigenvalue weighted by Crippen LogP contribution is -2.17. The van der Waals surface area contributed by atoms with Gasteiger partial charge in [-0.25, -0.2) is 8.78 Å². The number of amides is 1. The zero-order valence-electron chi connectivity index (χ0n) is 16.6. The summed E-state index contributed by atoms with van der Waals surface area (Å²) in [5, 5.41) is 3.29. The first kappa shape index (κ1) is 22.1. The summed E-state index contributed by atoms with van der Waals surface area (Å²) in [6.07, 6.45) is 0. The Kier molecular flexibility index (Phi) is 5.76. The van der Waals surface area contributed by atoms with Crippen LogP contribution in [0.3, 0.4) is 0 Å². The van der Waals surface area contributed by atoms with Crippen LogP contribution in [-0.2, 0) is 4.79 Å². The topological polar surface area (TPSA) is 29.1 Å². The van der Waals surface area contributed by atoms with Crippen LogP contribution in [0.15, 0.2) is 54.6 Å². The second kappa shape index (κ2) is 8.09. The largest absolute Gasteiger partial charge is 0.326 e. The second-order valence-electron chi connectivity index (χ2n) is 7.81. The highest BCUT2D eigenvalue weighted by Crippen LogP contribution is 2.65. The van der Waals surface area contributed by atoms with Gasteiger partial charge in [-0.05, 0) is 60.9 Å². The fourth-order valence-corrected chi connectivity index (χ4v) is 4.76. The van der Waals surface area contributed by atoms with Crippen molar-refractivity contribution in [2.45, 2.75) is 24.1 Å². The van der Waals surface area contributed by atoms with E-state index in [2.05, 4.69) is 5.32 Å². The third-order valence-corrected chi connectivity index (χ3v) is 6.89. The Morgan fingerprint density at radius 2 is 1.68 bits per heavy atom. The molecule has 0 aliphatic heterocycles. The van der Waals surface area contributed by atoms with Crippen LogP contribution in [0.4, 0.5) is 14.5 Å². The van der Waals surface area contributed by atoms with E-state index in [9.17, 15) is 13.6 Å². The molecule has 7 heteroatoms. The van der Waals surface area contributed by atoms with Gasteiger partial charge in [0.1, 0.15) is 16.0 Å². The SMILES string of the molecule is Cc1ccc(-c2cc(NC(=O)C3C(c4ccc(C)c(Cl)c4)C3(Cl)Cl)ccc2F)c(F)c1. The van der Waals surface area contributed by atoms with Crippen molar-refractivity contribution in [1.82, 2.24) is 0 Å². The number of aryl methyl sites for hydroxylation is 2. The molecule has 1 amide bonds. The number of hydrogen-bond donors (Lipinski definition) is 1. The zero-order valence-corrected chi connectivity index (χ0v) is 18.9. The minimum atomic E-state index is -1.28. The minimum Gasteiger partial charge on any atom is -0.326 e. The zero-order chi connectivity index (χ0) is 22.5. The van der Waals surface area contributed by atoms with Gasteiger partial charge in [-0.1, -0.05) is 35.9 Å². The standard InChI is InChI=1S/C24H18Cl3F2NO/c1-12-3-7-16(20(29)9-12)17-11-15(6-8-19(17)28)30-23(31)22-21(24(22,26)27)14-5-4-13(2)18(25)10-14/h3-11,21-22H,1-2H3,(H,30,31). The van der Waals surface area contributed by atoms with Crippen molar-refractivity contribution in [3.63, 3.8) is 0 Å². The minimum absolute atomic E-state index is 0.0518. The lowest BCUT2D eigenvalue weighted by atomic mass is 10.0. The first-order chi connectivity index (χ1) is 14.6. The molecule has 0 heterocycles. The molecule has 3 aromatic carbocycles. The van der Waals surface area contributed by atoms with E-state index in [0.717, 1.165) is 16.7 Å². The van der Waals surface area contributed by atoms with Crippen LogP contribution in [0, 0.1) is 31.4 Å². The van der Waals surface area contributed by atoms with E-state index in [1.54, 1.807) is 19.1 Å². The quantitative estimate of drug-likeness (QED) is 0.387. The molecule has 31 heavy (non-hydrogen) atoms. The van der Waals surface area contributed by atoms with Crippen LogP contribution in [0.5, 0.6) is 0 Å². The molecule has 0 bridgehead atoms. The molecular weight excluding hydrogens is 463 g/mol. The first-order valence-electron chi connectivity index (χ1n) is 9.60. The number of carbonyl (C=O) groups is 1. The molecule has 2 unspecified atom stereocenters. The number of alkyl halides is 2. The predicted octanol–water partition coefficient (Wildman–Crippen LogP) is 7.43. The van der Waals surface area contributed by atoms with Crippen molar-refractivity contribution in [3.05, 3.63) is 87.9 Å². The lowest BCUT2D eigenvalue weighted by Gasteiger charge is -2.10. The monoisotopic (exact) mass is 479 g/mol. The molecule has 0 radical (unpaired) electrons. The molecule has 0 spiro atoms. The summed E-state index contributed by atoms with van der Waals surface area (Å²) in [5.41, 5.74) is 2.88. The van der Waals surface area contributed by atoms with E-state index in [1.807, 2.05) is 19.1 Å². The smallest absolute Gasteiger partial charge is 0.231 e. The van der Waals surface area contributed by atoms with Crippen LogP contribution in [0.25, 0.3) is 11.1 Å². The van der Waals surface area contributed by atoms with E-state index >= 15 is 0 Å². The summed E-state index contributed by atoms with van der Waals surface area (Å²) in [6.45, 7) is 3.62. The van der Waals surface area contributed by atoms with Crippen molar-refractivity contribution < 1.29 is 13.6 Å². The van der Waals surface area contributed by atoms with Gasteiger partial charge in [-0.3, -0.25) is 4.79 Å². The third-order valence-electron chi connectivity index (χ3n) is 5.54. The van der Waals surface area contributed by atoms with E-state index < -0.39 is 33.7 Å². The van der Waals surface area contributed by atoms with Crippen molar-refractivity contribution >= 4 is 46.4 Å². The fraction of sp³-hybridized carbons (Fsp3) is 0.208. The summed E-state index contributed by atoms with van der Waals surface area (Å²) in [5.74, 6) is -2.68. The Morgan fingerprint density at radius 1 is 0.935 bits per heavy atom. The third kappa shape index (κ3) is 4.17. The number of rotatable bonds is 4. The van der Waals surface area contributed by atoms with Crippen LogP contribution < -0.4 is 5.32 Å². The maximum atomic E-state index is 14.4. The van der Waals surface area contributed by atoms with Gasteiger partial charge in [0.05, 0.1) is 5.92 Å². The van der Waals surface area contributed by atoms with Crippen LogP contribution in [0.1, 0.15) is 22.6 Å². The van der Waals surface area contributed by atoms with Crippen molar-refractivity contribution in [2.75, 3.05) is 5.32 Å². The molecule has 0 aromatic heterocycles. The van der Waals surface area contributed by atoms with E-state index in [-0.39, 0.29) is 11.1 Å². The second-order valence-corrected chi connectivity index (χ2v) is 9.66. The van der Waals surface area contributed by atoms with Crippen LogP contribution >= 0.6 is 34.8 Å². The van der Waals surface area contributed by atoms with E-state index in [0.29, 0.717) is 10.7 Å². The molecule has 1 N–H and O–H groups in total. The fourth-order valence-electron chi connectivity index (χ4n) is 3.74. The molecule has 2 atom stereocenters. The van der Waals surface area contributed by atoms with E-state index in [1.165, 1.54) is 30.3 Å². The van der Waals surface area contributed by atoms with Gasteiger partial charge in [-0.2, -0.15) is 0 Å². The van der Waals surface area contributed by atoms with Gasteiger partial charge in [-0.15, -0.1) is 23.2 Å². The molecule has 4 rings (SSSR count). The summed E-state index contributed by atoms with van der Waals surface area (Å²) in [6, 6.07) is 14.0. The summed E-state index contributed by atoms with van der Waals surface area (Å²) < 4.78 is 27.5. The number of carbonyl (C=O) groups excluding carboxylic acids is 1. The summed E-state index contributed by atoms with van der Waals surface area (Å²) in [4.78, 5) is 12.9. The molecule has 2 nitrogen and oxygen atoms in total. The molecule has 3 aromatic rings. The molecule has 1 saturated carbocycles. The van der Waals surface area contributed by atoms with Crippen molar-refractivity contribution in [2.24, 2.45) is 5.92 Å². The Morgan fingerprint density at radius 3 is 2.35 bits per heavy atom. The predicted molar refractivity (Wildman–Crippen MR) is 122 cm³/mol. The van der Waals surface area contributed by atoms with Gasteiger partial charge in [0.2, 0.25) is 5.91 Å². The highest BCUT2D eigenvalue weighted by atomic mass is 35.5. The number of nitrogens with one attached hydrogen (secondary N) is 1. The van der Waals surface area contributed by atoms with Crippen LogP contribution in [-0.4, -0.2) is 10.2 Å². The maximum Gasteiger partial charge on any atom is 0.231 e. The Balaban J connectivity index is 1.58. The number of halogens is 5. The molecule has 160 valence electrons. The number of benzene rings is 3. The molecule has 0 saturated heterocycles. The van der Waals surface area contributed by atoms with Gasteiger partial charge in [0.15, 0.2) is 0 Å². The summed E-state index contributed by atoms with van der Waals surface area (Å²) >= 11 is 19.0. The van der Waals surface area contributed by atoms with Gasteiger partial charge in [0, 0.05) is 27.8 Å². The number of hydrogen-bond acceptors (Lipinski definition) is 1. The Labute approximate surface area is 194 Å². The normalized spacial score (nSPS) is 19.2. The van der Waals surface area contributed by atoms with Crippen molar-refractivity contribution in [3.8, 4) is 11.1 Å². The average molecular weight is 481 g/mol. The van der Waals surface area contributed by atoms with E-state index in [4.69, 9.17) is 34.8 Å². The lowest BCUT2D eigenvalue weighted by molar-refractivity contribution is -0.117. The first-order valence-corrected chi connectivity index (χ1v) is 10.7. The summed E-state index contributed by atoms with van der Waals surface area (Å²) in [7, 11) is 0. The Hall–Kier alpha value is -2.14. The van der Waals surface area contributed by atoms with Crippen molar-refractivity contribution in [1.29, 1.82) is 0 Å². The Bertz CT molecular complexity index is 1200. The highest BCUT2D eigenvalue weighted by Gasteiger charge is 2.67. The molecule has 1 aliphatic rings. The molecule has 1 aliphatic carbocycles.